The van der Waals surface area contributed by atoms with Gasteiger partial charge in [-0.1, -0.05) is 15.9 Å². The summed E-state index contributed by atoms with van der Waals surface area (Å²) in [6, 6.07) is 0.155. The third kappa shape index (κ3) is 9.96. The van der Waals surface area contributed by atoms with E-state index < -0.39 is 0 Å². The number of hydrogen-bond acceptors (Lipinski definition) is 2. The molecular formula is C11H21BrN2O2. The maximum Gasteiger partial charge on any atom is 0.221 e. The molecule has 16 heavy (non-hydrogen) atoms. The van der Waals surface area contributed by atoms with Crippen LogP contribution in [0.2, 0.25) is 0 Å². The van der Waals surface area contributed by atoms with E-state index >= 15 is 0 Å². The van der Waals surface area contributed by atoms with Gasteiger partial charge in [0.05, 0.1) is 0 Å². The molecule has 0 rings (SSSR count). The van der Waals surface area contributed by atoms with Gasteiger partial charge >= 0.3 is 0 Å². The Morgan fingerprint density at radius 3 is 2.38 bits per heavy atom. The lowest BCUT2D eigenvalue weighted by Crippen LogP contribution is -2.34. The molecule has 0 aromatic carbocycles. The van der Waals surface area contributed by atoms with Crippen LogP contribution >= 0.6 is 15.9 Å². The van der Waals surface area contributed by atoms with E-state index in [0.717, 1.165) is 18.2 Å². The van der Waals surface area contributed by atoms with Gasteiger partial charge < -0.3 is 10.6 Å². The number of unbranched alkanes of at least 4 members (excludes halogenated alkanes) is 1. The Morgan fingerprint density at radius 2 is 1.81 bits per heavy atom. The highest BCUT2D eigenvalue weighted by molar-refractivity contribution is 9.09. The van der Waals surface area contributed by atoms with Crippen molar-refractivity contribution in [3.8, 4) is 0 Å². The first-order valence-corrected chi connectivity index (χ1v) is 6.80. The summed E-state index contributed by atoms with van der Waals surface area (Å²) in [7, 11) is 0. The molecular weight excluding hydrogens is 272 g/mol. The van der Waals surface area contributed by atoms with Gasteiger partial charge in [0, 0.05) is 30.8 Å². The van der Waals surface area contributed by atoms with Gasteiger partial charge in [-0.3, -0.25) is 9.59 Å². The average molecular weight is 293 g/mol. The van der Waals surface area contributed by atoms with Crippen molar-refractivity contribution >= 4 is 27.7 Å². The number of halogens is 1. The van der Waals surface area contributed by atoms with Crippen LogP contribution in [0.25, 0.3) is 0 Å². The quantitative estimate of drug-likeness (QED) is 0.527. The Labute approximate surface area is 106 Å². The van der Waals surface area contributed by atoms with Crippen LogP contribution in [0.1, 0.15) is 39.5 Å². The number of hydrogen-bond donors (Lipinski definition) is 2. The Balaban J connectivity index is 3.43. The van der Waals surface area contributed by atoms with Crippen LogP contribution in [0.4, 0.5) is 0 Å². The van der Waals surface area contributed by atoms with E-state index in [0.29, 0.717) is 19.4 Å². The molecule has 94 valence electrons. The largest absolute Gasteiger partial charge is 0.356 e. The van der Waals surface area contributed by atoms with Crippen molar-refractivity contribution in [3.05, 3.63) is 0 Å². The first-order chi connectivity index (χ1) is 7.56. The van der Waals surface area contributed by atoms with Crippen LogP contribution in [0.15, 0.2) is 0 Å². The molecule has 0 atom stereocenters. The molecule has 0 heterocycles. The minimum absolute atomic E-state index is 0.0178. The molecule has 0 spiro atoms. The Bertz CT molecular complexity index is 220. The van der Waals surface area contributed by atoms with Crippen LogP contribution < -0.4 is 10.6 Å². The van der Waals surface area contributed by atoms with E-state index in [1.807, 2.05) is 13.8 Å². The van der Waals surface area contributed by atoms with Crippen molar-refractivity contribution in [1.29, 1.82) is 0 Å². The van der Waals surface area contributed by atoms with Crippen LogP contribution in [-0.2, 0) is 9.59 Å². The van der Waals surface area contributed by atoms with Crippen LogP contribution in [0.3, 0.4) is 0 Å². The summed E-state index contributed by atoms with van der Waals surface area (Å²) in [6.45, 7) is 4.25. The van der Waals surface area contributed by atoms with E-state index in [1.54, 1.807) is 0 Å². The van der Waals surface area contributed by atoms with Crippen molar-refractivity contribution in [2.45, 2.75) is 45.6 Å². The van der Waals surface area contributed by atoms with Crippen molar-refractivity contribution in [2.75, 3.05) is 11.9 Å². The number of alkyl halides is 1. The van der Waals surface area contributed by atoms with Gasteiger partial charge in [0.2, 0.25) is 11.8 Å². The van der Waals surface area contributed by atoms with Crippen LogP contribution in [0, 0.1) is 0 Å². The fourth-order valence-corrected chi connectivity index (χ4v) is 1.57. The van der Waals surface area contributed by atoms with Crippen molar-refractivity contribution < 1.29 is 9.59 Å². The highest BCUT2D eigenvalue weighted by atomic mass is 79.9. The first kappa shape index (κ1) is 15.4. The maximum absolute atomic E-state index is 11.3. The molecule has 2 N–H and O–H groups in total. The summed E-state index contributed by atoms with van der Waals surface area (Å²) in [5.74, 6) is 0.00838. The molecule has 2 amide bonds. The second kappa shape index (κ2) is 9.63. The van der Waals surface area contributed by atoms with Crippen molar-refractivity contribution in [2.24, 2.45) is 0 Å². The SMILES string of the molecule is CC(C)NC(=O)CCNC(=O)CCCCBr. The first-order valence-electron chi connectivity index (χ1n) is 5.68. The Kier molecular flexibility index (Phi) is 9.28. The van der Waals surface area contributed by atoms with E-state index in [1.165, 1.54) is 0 Å². The van der Waals surface area contributed by atoms with E-state index in [-0.39, 0.29) is 17.9 Å². The van der Waals surface area contributed by atoms with Gasteiger partial charge in [0.25, 0.3) is 0 Å². The van der Waals surface area contributed by atoms with Crippen molar-refractivity contribution in [3.63, 3.8) is 0 Å². The lowest BCUT2D eigenvalue weighted by Gasteiger charge is -2.08. The number of carbonyl (C=O) groups excluding carboxylic acids is 2. The van der Waals surface area contributed by atoms with Gasteiger partial charge in [-0.25, -0.2) is 0 Å². The second-order valence-electron chi connectivity index (χ2n) is 3.97. The fraction of sp³-hybridized carbons (Fsp3) is 0.818. The van der Waals surface area contributed by atoms with E-state index in [2.05, 4.69) is 26.6 Å². The summed E-state index contributed by atoms with van der Waals surface area (Å²) in [4.78, 5) is 22.5. The predicted molar refractivity (Wildman–Crippen MR) is 68.6 cm³/mol. The number of rotatable bonds is 8. The molecule has 0 aliphatic carbocycles. The zero-order chi connectivity index (χ0) is 12.4. The zero-order valence-electron chi connectivity index (χ0n) is 10.0. The van der Waals surface area contributed by atoms with Crippen molar-refractivity contribution in [1.82, 2.24) is 10.6 Å². The standard InChI is InChI=1S/C11H21BrN2O2/c1-9(2)14-11(16)6-8-13-10(15)5-3-4-7-12/h9H,3-8H2,1-2H3,(H,13,15)(H,14,16). The topological polar surface area (TPSA) is 58.2 Å². The molecule has 0 saturated heterocycles. The van der Waals surface area contributed by atoms with E-state index in [4.69, 9.17) is 0 Å². The summed E-state index contributed by atoms with van der Waals surface area (Å²) < 4.78 is 0. The number of carbonyl (C=O) groups is 2. The molecule has 0 aromatic heterocycles. The molecule has 5 heteroatoms. The highest BCUT2D eigenvalue weighted by Gasteiger charge is 2.04. The zero-order valence-corrected chi connectivity index (χ0v) is 11.6. The number of amides is 2. The monoisotopic (exact) mass is 292 g/mol. The summed E-state index contributed by atoms with van der Waals surface area (Å²) in [5.41, 5.74) is 0. The normalized spacial score (nSPS) is 10.2. The number of nitrogens with one attached hydrogen (secondary N) is 2. The molecule has 0 radical (unpaired) electrons. The second-order valence-corrected chi connectivity index (χ2v) is 4.76. The lowest BCUT2D eigenvalue weighted by atomic mass is 10.2. The highest BCUT2D eigenvalue weighted by Crippen LogP contribution is 1.98. The van der Waals surface area contributed by atoms with Crippen LogP contribution in [0.5, 0.6) is 0 Å². The third-order valence-corrected chi connectivity index (χ3v) is 2.47. The van der Waals surface area contributed by atoms with Gasteiger partial charge in [-0.05, 0) is 26.7 Å². The summed E-state index contributed by atoms with van der Waals surface area (Å²) in [6.07, 6.45) is 2.77. The fourth-order valence-electron chi connectivity index (χ4n) is 1.18. The average Bonchev–Trinajstić information content (AvgIpc) is 2.17. The Morgan fingerprint density at radius 1 is 1.12 bits per heavy atom. The Hall–Kier alpha value is -0.580. The molecule has 0 fully saturated rings. The molecule has 0 aliphatic heterocycles. The van der Waals surface area contributed by atoms with Gasteiger partial charge in [0.15, 0.2) is 0 Å². The van der Waals surface area contributed by atoms with Gasteiger partial charge in [-0.2, -0.15) is 0 Å². The molecule has 0 saturated carbocycles. The molecule has 0 aliphatic rings. The van der Waals surface area contributed by atoms with Gasteiger partial charge in [0.1, 0.15) is 0 Å². The smallest absolute Gasteiger partial charge is 0.221 e. The predicted octanol–water partition coefficient (Wildman–Crippen LogP) is 1.58. The molecule has 0 unspecified atom stereocenters. The maximum atomic E-state index is 11.3. The molecule has 0 aromatic rings. The molecule has 0 bridgehead atoms. The van der Waals surface area contributed by atoms with Gasteiger partial charge in [-0.15, -0.1) is 0 Å². The third-order valence-electron chi connectivity index (χ3n) is 1.91. The van der Waals surface area contributed by atoms with Crippen LogP contribution in [-0.4, -0.2) is 29.7 Å². The summed E-state index contributed by atoms with van der Waals surface area (Å²) in [5, 5.41) is 6.43. The minimum Gasteiger partial charge on any atom is -0.356 e. The summed E-state index contributed by atoms with van der Waals surface area (Å²) >= 11 is 3.31. The molecule has 4 nitrogen and oxygen atoms in total. The van der Waals surface area contributed by atoms with E-state index in [9.17, 15) is 9.59 Å². The lowest BCUT2D eigenvalue weighted by molar-refractivity contribution is -0.122. The minimum atomic E-state index is -0.0178.